The van der Waals surface area contributed by atoms with Gasteiger partial charge in [-0.3, -0.25) is 9.36 Å². The van der Waals surface area contributed by atoms with E-state index in [1.54, 1.807) is 50.4 Å². The van der Waals surface area contributed by atoms with E-state index in [1.165, 1.54) is 4.57 Å². The number of halogens is 2. The standard InChI is InChI=1S/C29H22BrClN2O5S/c1-3-38-28(36)23-24(16-8-5-4-6-9-16)32-29-33(25(23)17-10-7-11-20(13-17)37-2)27(35)22(39-29)14-18-12-19(30)15-21(31)26(18)34/h4-15,25,34H,3H2,1-2H3/b22-14-/t25-/m0/s1. The van der Waals surface area contributed by atoms with E-state index in [2.05, 4.69) is 15.9 Å². The molecule has 0 radical (unpaired) electrons. The van der Waals surface area contributed by atoms with E-state index in [9.17, 15) is 14.7 Å². The third kappa shape index (κ3) is 5.17. The number of methoxy groups -OCH3 is 1. The summed E-state index contributed by atoms with van der Waals surface area (Å²) in [4.78, 5) is 32.7. The van der Waals surface area contributed by atoms with Gasteiger partial charge in [0.15, 0.2) is 4.80 Å². The largest absolute Gasteiger partial charge is 0.506 e. The zero-order valence-electron chi connectivity index (χ0n) is 20.9. The van der Waals surface area contributed by atoms with Crippen LogP contribution in [0.2, 0.25) is 5.02 Å². The number of phenols is 1. The van der Waals surface area contributed by atoms with Crippen LogP contribution in [0.5, 0.6) is 11.5 Å². The van der Waals surface area contributed by atoms with Gasteiger partial charge in [-0.15, -0.1) is 0 Å². The lowest BCUT2D eigenvalue weighted by Crippen LogP contribution is -2.40. The van der Waals surface area contributed by atoms with Gasteiger partial charge in [0.25, 0.3) is 5.56 Å². The first kappa shape index (κ1) is 26.9. The highest BCUT2D eigenvalue weighted by atomic mass is 79.9. The van der Waals surface area contributed by atoms with Gasteiger partial charge < -0.3 is 14.6 Å². The molecule has 1 N–H and O–H groups in total. The summed E-state index contributed by atoms with van der Waals surface area (Å²) in [6, 6.07) is 18.9. The molecule has 0 aliphatic carbocycles. The molecule has 198 valence electrons. The van der Waals surface area contributed by atoms with Crippen molar-refractivity contribution in [1.82, 2.24) is 4.57 Å². The number of nitrogens with zero attached hydrogens (tertiary/aromatic N) is 2. The number of fused-ring (bicyclic) bond motifs is 1. The average Bonchev–Trinajstić information content (AvgIpc) is 3.25. The van der Waals surface area contributed by atoms with Gasteiger partial charge in [-0.1, -0.05) is 81.3 Å². The van der Waals surface area contributed by atoms with Crippen molar-refractivity contribution in [3.8, 4) is 11.5 Å². The zero-order chi connectivity index (χ0) is 27.7. The molecule has 1 aromatic heterocycles. The van der Waals surface area contributed by atoms with Gasteiger partial charge in [0.1, 0.15) is 11.5 Å². The highest BCUT2D eigenvalue weighted by Gasteiger charge is 2.35. The summed E-state index contributed by atoms with van der Waals surface area (Å²) in [7, 11) is 1.55. The van der Waals surface area contributed by atoms with Crippen molar-refractivity contribution in [1.29, 1.82) is 0 Å². The van der Waals surface area contributed by atoms with Gasteiger partial charge >= 0.3 is 5.97 Å². The molecule has 7 nitrogen and oxygen atoms in total. The maximum Gasteiger partial charge on any atom is 0.338 e. The Morgan fingerprint density at radius 2 is 1.95 bits per heavy atom. The van der Waals surface area contributed by atoms with E-state index in [4.69, 9.17) is 26.1 Å². The Morgan fingerprint density at radius 3 is 2.67 bits per heavy atom. The first-order chi connectivity index (χ1) is 18.8. The monoisotopic (exact) mass is 624 g/mol. The normalized spacial score (nSPS) is 15.1. The minimum absolute atomic E-state index is 0.146. The Balaban J connectivity index is 1.86. The van der Waals surface area contributed by atoms with Crippen molar-refractivity contribution in [3.05, 3.63) is 118 Å². The molecule has 0 saturated carbocycles. The number of rotatable bonds is 6. The van der Waals surface area contributed by atoms with Crippen molar-refractivity contribution in [2.75, 3.05) is 13.7 Å². The molecular formula is C29H22BrClN2O5S. The Bertz CT molecular complexity index is 1800. The van der Waals surface area contributed by atoms with Crippen molar-refractivity contribution in [3.63, 3.8) is 0 Å². The van der Waals surface area contributed by atoms with Crippen LogP contribution in [-0.4, -0.2) is 29.4 Å². The Kier molecular flexibility index (Phi) is 7.74. The van der Waals surface area contributed by atoms with Gasteiger partial charge in [-0.05, 0) is 42.8 Å². The van der Waals surface area contributed by atoms with Crippen molar-refractivity contribution >= 4 is 56.6 Å². The quantitative estimate of drug-likeness (QED) is 0.303. The van der Waals surface area contributed by atoms with Crippen LogP contribution in [0.15, 0.2) is 86.6 Å². The summed E-state index contributed by atoms with van der Waals surface area (Å²) in [6.07, 6.45) is 1.56. The number of carbonyl (C=O) groups is 1. The van der Waals surface area contributed by atoms with Crippen LogP contribution < -0.4 is 19.6 Å². The van der Waals surface area contributed by atoms with Gasteiger partial charge in [-0.25, -0.2) is 9.79 Å². The van der Waals surface area contributed by atoms with Crippen LogP contribution in [0.25, 0.3) is 11.8 Å². The predicted octanol–water partition coefficient (Wildman–Crippen LogP) is 5.07. The number of hydrogen-bond donors (Lipinski definition) is 1. The topological polar surface area (TPSA) is 90.1 Å². The van der Waals surface area contributed by atoms with Crippen molar-refractivity contribution in [2.45, 2.75) is 13.0 Å². The van der Waals surface area contributed by atoms with Crippen LogP contribution in [0.4, 0.5) is 0 Å². The first-order valence-corrected chi connectivity index (χ1v) is 13.9. The molecule has 0 spiro atoms. The van der Waals surface area contributed by atoms with Crippen LogP contribution in [0.1, 0.15) is 29.7 Å². The fourth-order valence-electron chi connectivity index (χ4n) is 4.40. The van der Waals surface area contributed by atoms with Crippen LogP contribution in [0, 0.1) is 0 Å². The molecule has 10 heteroatoms. The number of ether oxygens (including phenoxy) is 2. The highest BCUT2D eigenvalue weighted by molar-refractivity contribution is 9.10. The van der Waals surface area contributed by atoms with Crippen LogP contribution in [-0.2, 0) is 9.53 Å². The van der Waals surface area contributed by atoms with E-state index < -0.39 is 12.0 Å². The molecule has 0 bridgehead atoms. The molecule has 0 saturated heterocycles. The maximum atomic E-state index is 14.0. The molecule has 1 aliphatic heterocycles. The van der Waals surface area contributed by atoms with E-state index in [0.717, 1.165) is 11.3 Å². The number of carbonyl (C=O) groups excluding carboxylic acids is 1. The number of aromatic hydroxyl groups is 1. The third-order valence-electron chi connectivity index (χ3n) is 6.13. The summed E-state index contributed by atoms with van der Waals surface area (Å²) in [5.74, 6) is -0.143. The number of phenolic OH excluding ortho intramolecular Hbond substituents is 1. The molecule has 2 heterocycles. The minimum atomic E-state index is -0.840. The van der Waals surface area contributed by atoms with E-state index >= 15 is 0 Å². The Labute approximate surface area is 241 Å². The Morgan fingerprint density at radius 1 is 1.18 bits per heavy atom. The Hall–Kier alpha value is -3.66. The zero-order valence-corrected chi connectivity index (χ0v) is 24.0. The summed E-state index contributed by atoms with van der Waals surface area (Å²) in [5.41, 5.74) is 2.01. The fraction of sp³-hybridized carbons (Fsp3) is 0.138. The summed E-state index contributed by atoms with van der Waals surface area (Å²) in [5, 5.41) is 10.7. The number of hydrogen-bond acceptors (Lipinski definition) is 7. The molecule has 39 heavy (non-hydrogen) atoms. The molecule has 4 aromatic rings. The van der Waals surface area contributed by atoms with Gasteiger partial charge in [0.2, 0.25) is 0 Å². The molecule has 0 fully saturated rings. The van der Waals surface area contributed by atoms with E-state index in [1.807, 2.05) is 36.4 Å². The molecule has 0 unspecified atom stereocenters. The van der Waals surface area contributed by atoms with Crippen molar-refractivity contribution in [2.24, 2.45) is 4.99 Å². The van der Waals surface area contributed by atoms with Gasteiger partial charge in [0, 0.05) is 15.6 Å². The molecule has 1 aliphatic rings. The third-order valence-corrected chi connectivity index (χ3v) is 7.86. The summed E-state index contributed by atoms with van der Waals surface area (Å²) < 4.78 is 13.4. The molecule has 0 amide bonds. The lowest BCUT2D eigenvalue weighted by molar-refractivity contribution is -0.138. The summed E-state index contributed by atoms with van der Waals surface area (Å²) >= 11 is 10.7. The fourth-order valence-corrected chi connectivity index (χ4v) is 6.23. The minimum Gasteiger partial charge on any atom is -0.506 e. The molecule has 5 rings (SSSR count). The van der Waals surface area contributed by atoms with Crippen molar-refractivity contribution < 1.29 is 19.4 Å². The lowest BCUT2D eigenvalue weighted by atomic mass is 9.93. The number of benzene rings is 3. The molecule has 1 atom stereocenters. The van der Waals surface area contributed by atoms with Gasteiger partial charge in [-0.2, -0.15) is 0 Å². The first-order valence-electron chi connectivity index (χ1n) is 11.9. The van der Waals surface area contributed by atoms with Crippen LogP contribution >= 0.6 is 38.9 Å². The number of thiazole rings is 1. The molecular weight excluding hydrogens is 604 g/mol. The second kappa shape index (κ2) is 11.2. The smallest absolute Gasteiger partial charge is 0.338 e. The average molecular weight is 626 g/mol. The van der Waals surface area contributed by atoms with Crippen LogP contribution in [0.3, 0.4) is 0 Å². The highest BCUT2D eigenvalue weighted by Crippen LogP contribution is 2.36. The maximum absolute atomic E-state index is 14.0. The number of aromatic nitrogens is 1. The van der Waals surface area contributed by atoms with E-state index in [-0.39, 0.29) is 28.5 Å². The number of esters is 1. The lowest BCUT2D eigenvalue weighted by Gasteiger charge is -2.26. The van der Waals surface area contributed by atoms with Gasteiger partial charge in [0.05, 0.1) is 40.6 Å². The summed E-state index contributed by atoms with van der Waals surface area (Å²) in [6.45, 7) is 1.88. The van der Waals surface area contributed by atoms with E-state index in [0.29, 0.717) is 41.9 Å². The second-order valence-electron chi connectivity index (χ2n) is 8.53. The molecule has 3 aromatic carbocycles. The predicted molar refractivity (Wildman–Crippen MR) is 155 cm³/mol. The SMILES string of the molecule is CCOC(=O)C1=C(c2ccccc2)N=c2s/c(=C\c3cc(Br)cc(Cl)c3O)c(=O)n2[C@H]1c1cccc(OC)c1. The second-order valence-corrected chi connectivity index (χ2v) is 10.9.